The van der Waals surface area contributed by atoms with Gasteiger partial charge in [0.1, 0.15) is 6.61 Å². The summed E-state index contributed by atoms with van der Waals surface area (Å²) in [6.45, 7) is 10.2. The van der Waals surface area contributed by atoms with Gasteiger partial charge in [-0.25, -0.2) is 4.79 Å². The molecule has 1 aliphatic heterocycles. The molecule has 1 saturated heterocycles. The molecule has 1 saturated carbocycles. The number of hydrogen-bond acceptors (Lipinski definition) is 5. The molecule has 5 nitrogen and oxygen atoms in total. The van der Waals surface area contributed by atoms with Crippen molar-refractivity contribution >= 4 is 5.97 Å². The van der Waals surface area contributed by atoms with E-state index in [1.807, 2.05) is 0 Å². The first-order valence-electron chi connectivity index (χ1n) is 9.24. The zero-order valence-electron chi connectivity index (χ0n) is 15.3. The van der Waals surface area contributed by atoms with Gasteiger partial charge in [-0.15, -0.1) is 0 Å². The van der Waals surface area contributed by atoms with Crippen LogP contribution in [0.2, 0.25) is 0 Å². The first kappa shape index (κ1) is 19.4. The molecule has 0 aromatic rings. The third kappa shape index (κ3) is 5.87. The Bertz CT molecular complexity index is 414. The smallest absolute Gasteiger partial charge is 0.333 e. The van der Waals surface area contributed by atoms with Crippen molar-refractivity contribution in [3.05, 3.63) is 12.2 Å². The minimum atomic E-state index is -0.353. The molecule has 2 rings (SSSR count). The van der Waals surface area contributed by atoms with Crippen LogP contribution in [0.15, 0.2) is 12.2 Å². The maximum atomic E-state index is 11.3. The fraction of sp³-hybridized carbons (Fsp3) is 0.842. The van der Waals surface area contributed by atoms with Crippen molar-refractivity contribution < 1.29 is 23.7 Å². The SMILES string of the molecule is C=C(C)C(=O)OCCOC1CCC(C2OC(C)CC(CC)O2)CC1. The van der Waals surface area contributed by atoms with Gasteiger partial charge in [-0.3, -0.25) is 0 Å². The lowest BCUT2D eigenvalue weighted by Gasteiger charge is -2.40. The van der Waals surface area contributed by atoms with Crippen molar-refractivity contribution in [1.82, 2.24) is 0 Å². The summed E-state index contributed by atoms with van der Waals surface area (Å²) in [6, 6.07) is 0. The Morgan fingerprint density at radius 1 is 1.17 bits per heavy atom. The van der Waals surface area contributed by atoms with Crippen molar-refractivity contribution in [2.45, 2.75) is 83.9 Å². The molecule has 0 radical (unpaired) electrons. The predicted molar refractivity (Wildman–Crippen MR) is 91.6 cm³/mol. The summed E-state index contributed by atoms with van der Waals surface area (Å²) in [5.41, 5.74) is 0.419. The molecule has 2 fully saturated rings. The lowest BCUT2D eigenvalue weighted by molar-refractivity contribution is -0.264. The highest BCUT2D eigenvalue weighted by Gasteiger charge is 2.35. The lowest BCUT2D eigenvalue weighted by atomic mass is 9.86. The van der Waals surface area contributed by atoms with Crippen LogP contribution in [0.25, 0.3) is 0 Å². The van der Waals surface area contributed by atoms with Gasteiger partial charge in [0, 0.05) is 11.5 Å². The first-order chi connectivity index (χ1) is 11.5. The zero-order valence-corrected chi connectivity index (χ0v) is 15.3. The second-order valence-corrected chi connectivity index (χ2v) is 7.04. The van der Waals surface area contributed by atoms with Crippen LogP contribution in [0.5, 0.6) is 0 Å². The molecule has 3 unspecified atom stereocenters. The highest BCUT2D eigenvalue weighted by Crippen LogP contribution is 2.34. The molecular weight excluding hydrogens is 308 g/mol. The molecular formula is C19H32O5. The monoisotopic (exact) mass is 340 g/mol. The summed E-state index contributed by atoms with van der Waals surface area (Å²) in [7, 11) is 0. The maximum Gasteiger partial charge on any atom is 0.333 e. The van der Waals surface area contributed by atoms with Crippen LogP contribution in [-0.4, -0.2) is 43.8 Å². The Morgan fingerprint density at radius 3 is 2.50 bits per heavy atom. The summed E-state index contributed by atoms with van der Waals surface area (Å²) >= 11 is 0. The van der Waals surface area contributed by atoms with Crippen LogP contribution in [0.4, 0.5) is 0 Å². The fourth-order valence-corrected chi connectivity index (χ4v) is 3.42. The van der Waals surface area contributed by atoms with Gasteiger partial charge in [-0.05, 0) is 52.4 Å². The van der Waals surface area contributed by atoms with Gasteiger partial charge in [0.15, 0.2) is 6.29 Å². The Labute approximate surface area is 145 Å². The highest BCUT2D eigenvalue weighted by molar-refractivity contribution is 5.86. The average molecular weight is 340 g/mol. The summed E-state index contributed by atoms with van der Waals surface area (Å²) in [4.78, 5) is 11.3. The minimum absolute atomic E-state index is 0.0591. The Balaban J connectivity index is 1.64. The van der Waals surface area contributed by atoms with Crippen molar-refractivity contribution in [1.29, 1.82) is 0 Å². The molecule has 3 atom stereocenters. The number of ether oxygens (including phenoxy) is 4. The summed E-state index contributed by atoms with van der Waals surface area (Å²) in [5, 5.41) is 0. The van der Waals surface area contributed by atoms with Gasteiger partial charge < -0.3 is 18.9 Å². The van der Waals surface area contributed by atoms with E-state index >= 15 is 0 Å². The van der Waals surface area contributed by atoms with E-state index in [0.29, 0.717) is 24.2 Å². The molecule has 0 amide bonds. The molecule has 1 aliphatic carbocycles. The largest absolute Gasteiger partial charge is 0.460 e. The molecule has 0 bridgehead atoms. The highest BCUT2D eigenvalue weighted by atomic mass is 16.7. The van der Waals surface area contributed by atoms with Gasteiger partial charge >= 0.3 is 5.97 Å². The second-order valence-electron chi connectivity index (χ2n) is 7.04. The van der Waals surface area contributed by atoms with E-state index in [0.717, 1.165) is 38.5 Å². The van der Waals surface area contributed by atoms with Crippen LogP contribution < -0.4 is 0 Å². The molecule has 0 spiro atoms. The molecule has 138 valence electrons. The van der Waals surface area contributed by atoms with E-state index in [2.05, 4.69) is 20.4 Å². The van der Waals surface area contributed by atoms with Gasteiger partial charge in [0.2, 0.25) is 0 Å². The van der Waals surface area contributed by atoms with Crippen molar-refractivity contribution in [3.8, 4) is 0 Å². The van der Waals surface area contributed by atoms with E-state index in [9.17, 15) is 4.79 Å². The summed E-state index contributed by atoms with van der Waals surface area (Å²) in [5.74, 6) is 0.108. The van der Waals surface area contributed by atoms with Gasteiger partial charge in [0.05, 0.1) is 24.9 Å². The predicted octanol–water partition coefficient (Wildman–Crippen LogP) is 3.61. The zero-order chi connectivity index (χ0) is 17.5. The molecule has 0 aromatic heterocycles. The Hall–Kier alpha value is -0.910. The number of carbonyl (C=O) groups excluding carboxylic acids is 1. The van der Waals surface area contributed by atoms with Crippen LogP contribution in [0, 0.1) is 5.92 Å². The van der Waals surface area contributed by atoms with E-state index in [-0.39, 0.29) is 31.1 Å². The number of esters is 1. The van der Waals surface area contributed by atoms with Crippen LogP contribution in [-0.2, 0) is 23.7 Å². The molecule has 1 heterocycles. The van der Waals surface area contributed by atoms with E-state index < -0.39 is 0 Å². The van der Waals surface area contributed by atoms with E-state index in [1.54, 1.807) is 6.92 Å². The standard InChI is InChI=1S/C19H32O5/c1-5-16-12-14(4)23-19(24-16)15-6-8-17(9-7-15)21-10-11-22-18(20)13(2)3/h14-17,19H,2,5-12H2,1,3-4H3. The lowest BCUT2D eigenvalue weighted by Crippen LogP contribution is -2.42. The molecule has 24 heavy (non-hydrogen) atoms. The molecule has 0 aromatic carbocycles. The van der Waals surface area contributed by atoms with Crippen molar-refractivity contribution in [3.63, 3.8) is 0 Å². The number of carbonyl (C=O) groups is 1. The molecule has 5 heteroatoms. The van der Waals surface area contributed by atoms with Gasteiger partial charge in [-0.2, -0.15) is 0 Å². The normalized spacial score (nSPS) is 33.9. The fourth-order valence-electron chi connectivity index (χ4n) is 3.42. The van der Waals surface area contributed by atoms with Gasteiger partial charge in [-0.1, -0.05) is 13.5 Å². The Morgan fingerprint density at radius 2 is 1.88 bits per heavy atom. The van der Waals surface area contributed by atoms with Crippen molar-refractivity contribution in [2.75, 3.05) is 13.2 Å². The first-order valence-corrected chi connectivity index (χ1v) is 9.24. The van der Waals surface area contributed by atoms with Crippen LogP contribution in [0.3, 0.4) is 0 Å². The summed E-state index contributed by atoms with van der Waals surface area (Å²) in [6.07, 6.45) is 6.97. The van der Waals surface area contributed by atoms with Gasteiger partial charge in [0.25, 0.3) is 0 Å². The second kappa shape index (κ2) is 9.54. The van der Waals surface area contributed by atoms with Crippen LogP contribution >= 0.6 is 0 Å². The third-order valence-corrected chi connectivity index (χ3v) is 4.87. The summed E-state index contributed by atoms with van der Waals surface area (Å²) < 4.78 is 23.0. The van der Waals surface area contributed by atoms with Crippen LogP contribution in [0.1, 0.15) is 59.3 Å². The average Bonchev–Trinajstić information content (AvgIpc) is 2.58. The Kier molecular flexibility index (Phi) is 7.72. The number of rotatable bonds is 7. The van der Waals surface area contributed by atoms with E-state index in [1.165, 1.54) is 0 Å². The number of hydrogen-bond donors (Lipinski definition) is 0. The maximum absolute atomic E-state index is 11.3. The quantitative estimate of drug-likeness (QED) is 0.402. The topological polar surface area (TPSA) is 54.0 Å². The van der Waals surface area contributed by atoms with Crippen molar-refractivity contribution in [2.24, 2.45) is 5.92 Å². The third-order valence-electron chi connectivity index (χ3n) is 4.87. The molecule has 2 aliphatic rings. The van der Waals surface area contributed by atoms with E-state index in [4.69, 9.17) is 18.9 Å². The molecule has 0 N–H and O–H groups in total. The minimum Gasteiger partial charge on any atom is -0.460 e.